The molecule has 2 rings (SSSR count). The molecule has 0 amide bonds. The molecule has 1 atom stereocenters. The number of hydrogen-bond acceptors (Lipinski definition) is 4. The van der Waals surface area contributed by atoms with Gasteiger partial charge in [-0.15, -0.1) is 0 Å². The normalized spacial score (nSPS) is 12.1. The SMILES string of the molecule is COc1cccnc1NC(C)Cn1ccnc1. The van der Waals surface area contributed by atoms with Crippen LogP contribution in [0.4, 0.5) is 5.82 Å². The van der Waals surface area contributed by atoms with E-state index in [0.29, 0.717) is 0 Å². The van der Waals surface area contributed by atoms with E-state index >= 15 is 0 Å². The van der Waals surface area contributed by atoms with E-state index in [4.69, 9.17) is 4.74 Å². The zero-order chi connectivity index (χ0) is 12.1. The van der Waals surface area contributed by atoms with Gasteiger partial charge < -0.3 is 14.6 Å². The summed E-state index contributed by atoms with van der Waals surface area (Å²) in [7, 11) is 1.64. The molecule has 0 radical (unpaired) electrons. The predicted molar refractivity (Wildman–Crippen MR) is 66.1 cm³/mol. The molecule has 2 heterocycles. The molecule has 1 unspecified atom stereocenters. The van der Waals surface area contributed by atoms with E-state index in [2.05, 4.69) is 22.2 Å². The standard InChI is InChI=1S/C12H16N4O/c1-10(8-16-7-6-13-9-16)15-12-11(17-2)4-3-5-14-12/h3-7,9-10H,8H2,1-2H3,(H,14,15). The lowest BCUT2D eigenvalue weighted by Crippen LogP contribution is -2.22. The molecule has 2 aromatic heterocycles. The van der Waals surface area contributed by atoms with Crippen LogP contribution in [0.1, 0.15) is 6.92 Å². The first-order chi connectivity index (χ1) is 8.29. The second-order valence-corrected chi connectivity index (χ2v) is 3.86. The average molecular weight is 232 g/mol. The van der Waals surface area contributed by atoms with Crippen molar-refractivity contribution in [2.24, 2.45) is 0 Å². The molecular formula is C12H16N4O. The minimum absolute atomic E-state index is 0.244. The second-order valence-electron chi connectivity index (χ2n) is 3.86. The van der Waals surface area contributed by atoms with Crippen LogP contribution < -0.4 is 10.1 Å². The molecule has 1 N–H and O–H groups in total. The first kappa shape index (κ1) is 11.4. The number of nitrogens with zero attached hydrogens (tertiary/aromatic N) is 3. The van der Waals surface area contributed by atoms with Crippen LogP contribution in [0.3, 0.4) is 0 Å². The maximum Gasteiger partial charge on any atom is 0.169 e. The smallest absolute Gasteiger partial charge is 0.169 e. The minimum atomic E-state index is 0.244. The van der Waals surface area contributed by atoms with Gasteiger partial charge in [-0.25, -0.2) is 9.97 Å². The Hall–Kier alpha value is -2.04. The van der Waals surface area contributed by atoms with Crippen molar-refractivity contribution in [1.82, 2.24) is 14.5 Å². The molecule has 0 spiro atoms. The summed E-state index contributed by atoms with van der Waals surface area (Å²) >= 11 is 0. The molecule has 0 saturated carbocycles. The summed E-state index contributed by atoms with van der Waals surface area (Å²) in [5.41, 5.74) is 0. The summed E-state index contributed by atoms with van der Waals surface area (Å²) in [6.07, 6.45) is 7.25. The Morgan fingerprint density at radius 2 is 2.35 bits per heavy atom. The van der Waals surface area contributed by atoms with Gasteiger partial charge in [0.1, 0.15) is 0 Å². The van der Waals surface area contributed by atoms with Crippen molar-refractivity contribution in [3.05, 3.63) is 37.1 Å². The molecule has 0 aromatic carbocycles. The zero-order valence-electron chi connectivity index (χ0n) is 10.00. The van der Waals surface area contributed by atoms with Crippen molar-refractivity contribution in [3.63, 3.8) is 0 Å². The number of rotatable bonds is 5. The molecule has 0 saturated heterocycles. The molecule has 0 aliphatic rings. The van der Waals surface area contributed by atoms with Crippen molar-refractivity contribution in [1.29, 1.82) is 0 Å². The number of aromatic nitrogens is 3. The van der Waals surface area contributed by atoms with Crippen LogP contribution in [0.2, 0.25) is 0 Å². The third kappa shape index (κ3) is 2.96. The second kappa shape index (κ2) is 5.34. The van der Waals surface area contributed by atoms with E-state index < -0.39 is 0 Å². The number of methoxy groups -OCH3 is 1. The molecule has 0 aliphatic heterocycles. The van der Waals surface area contributed by atoms with Crippen molar-refractivity contribution >= 4 is 5.82 Å². The van der Waals surface area contributed by atoms with Gasteiger partial charge in [0.25, 0.3) is 0 Å². The molecule has 0 fully saturated rings. The lowest BCUT2D eigenvalue weighted by Gasteiger charge is -2.16. The monoisotopic (exact) mass is 232 g/mol. The Balaban J connectivity index is 2.00. The summed E-state index contributed by atoms with van der Waals surface area (Å²) in [5, 5.41) is 3.31. The summed E-state index contributed by atoms with van der Waals surface area (Å²) in [5.74, 6) is 1.52. The highest BCUT2D eigenvalue weighted by atomic mass is 16.5. The van der Waals surface area contributed by atoms with E-state index in [9.17, 15) is 0 Å². The number of pyridine rings is 1. The number of ether oxygens (including phenoxy) is 1. The average Bonchev–Trinajstić information content (AvgIpc) is 2.82. The fourth-order valence-corrected chi connectivity index (χ4v) is 1.65. The van der Waals surface area contributed by atoms with Gasteiger partial charge in [0, 0.05) is 31.2 Å². The van der Waals surface area contributed by atoms with Crippen LogP contribution >= 0.6 is 0 Å². The van der Waals surface area contributed by atoms with Gasteiger partial charge in [-0.1, -0.05) is 0 Å². The molecule has 0 bridgehead atoms. The minimum Gasteiger partial charge on any atom is -0.493 e. The maximum atomic E-state index is 5.24. The highest BCUT2D eigenvalue weighted by Crippen LogP contribution is 2.20. The Bertz CT molecular complexity index is 455. The van der Waals surface area contributed by atoms with E-state index in [0.717, 1.165) is 18.1 Å². The predicted octanol–water partition coefficient (Wildman–Crippen LogP) is 1.79. The molecular weight excluding hydrogens is 216 g/mol. The Morgan fingerprint density at radius 1 is 1.47 bits per heavy atom. The summed E-state index contributed by atoms with van der Waals surface area (Å²) < 4.78 is 7.26. The summed E-state index contributed by atoms with van der Waals surface area (Å²) in [6.45, 7) is 2.92. The fourth-order valence-electron chi connectivity index (χ4n) is 1.65. The summed E-state index contributed by atoms with van der Waals surface area (Å²) in [4.78, 5) is 8.27. The van der Waals surface area contributed by atoms with Crippen molar-refractivity contribution < 1.29 is 4.74 Å². The number of anilines is 1. The van der Waals surface area contributed by atoms with Crippen LogP contribution in [-0.2, 0) is 6.54 Å². The zero-order valence-corrected chi connectivity index (χ0v) is 10.00. The van der Waals surface area contributed by atoms with E-state index in [-0.39, 0.29) is 6.04 Å². The first-order valence-electron chi connectivity index (χ1n) is 5.51. The van der Waals surface area contributed by atoms with Crippen LogP contribution in [0.25, 0.3) is 0 Å². The molecule has 90 valence electrons. The number of nitrogens with one attached hydrogen (secondary N) is 1. The molecule has 17 heavy (non-hydrogen) atoms. The van der Waals surface area contributed by atoms with E-state index in [1.165, 1.54) is 0 Å². The fraction of sp³-hybridized carbons (Fsp3) is 0.333. The van der Waals surface area contributed by atoms with Crippen molar-refractivity contribution in [3.8, 4) is 5.75 Å². The quantitative estimate of drug-likeness (QED) is 0.853. The van der Waals surface area contributed by atoms with Gasteiger partial charge in [-0.05, 0) is 19.1 Å². The van der Waals surface area contributed by atoms with Gasteiger partial charge in [-0.3, -0.25) is 0 Å². The van der Waals surface area contributed by atoms with Crippen LogP contribution in [0.15, 0.2) is 37.1 Å². The lowest BCUT2D eigenvalue weighted by atomic mass is 10.3. The highest BCUT2D eigenvalue weighted by molar-refractivity contribution is 5.49. The van der Waals surface area contributed by atoms with Gasteiger partial charge in [0.05, 0.1) is 13.4 Å². The van der Waals surface area contributed by atoms with Crippen molar-refractivity contribution in [2.75, 3.05) is 12.4 Å². The van der Waals surface area contributed by atoms with E-state index in [1.54, 1.807) is 25.8 Å². The molecule has 0 aliphatic carbocycles. The largest absolute Gasteiger partial charge is 0.493 e. The van der Waals surface area contributed by atoms with Crippen LogP contribution in [0, 0.1) is 0 Å². The molecule has 2 aromatic rings. The van der Waals surface area contributed by atoms with Gasteiger partial charge in [-0.2, -0.15) is 0 Å². The topological polar surface area (TPSA) is 52.0 Å². The third-order valence-electron chi connectivity index (χ3n) is 2.42. The van der Waals surface area contributed by atoms with Gasteiger partial charge in [0.2, 0.25) is 0 Å². The lowest BCUT2D eigenvalue weighted by molar-refractivity contribution is 0.414. The molecule has 5 heteroatoms. The Morgan fingerprint density at radius 3 is 3.06 bits per heavy atom. The number of hydrogen-bond donors (Lipinski definition) is 1. The highest BCUT2D eigenvalue weighted by Gasteiger charge is 2.07. The van der Waals surface area contributed by atoms with E-state index in [1.807, 2.05) is 22.9 Å². The van der Waals surface area contributed by atoms with Crippen LogP contribution in [-0.4, -0.2) is 27.7 Å². The van der Waals surface area contributed by atoms with Crippen molar-refractivity contribution in [2.45, 2.75) is 19.5 Å². The summed E-state index contributed by atoms with van der Waals surface area (Å²) in [6, 6.07) is 3.98. The Kier molecular flexibility index (Phi) is 3.59. The third-order valence-corrected chi connectivity index (χ3v) is 2.42. The number of imidazole rings is 1. The first-order valence-corrected chi connectivity index (χ1v) is 5.51. The molecule has 5 nitrogen and oxygen atoms in total. The Labute approximate surface area is 100 Å². The van der Waals surface area contributed by atoms with Gasteiger partial charge >= 0.3 is 0 Å². The maximum absolute atomic E-state index is 5.24. The van der Waals surface area contributed by atoms with Gasteiger partial charge in [0.15, 0.2) is 11.6 Å². The van der Waals surface area contributed by atoms with Crippen LogP contribution in [0.5, 0.6) is 5.75 Å².